The van der Waals surface area contributed by atoms with Crippen molar-refractivity contribution in [2.24, 2.45) is 0 Å². The van der Waals surface area contributed by atoms with E-state index in [1.165, 1.54) is 12.1 Å². The van der Waals surface area contributed by atoms with Crippen molar-refractivity contribution in [3.8, 4) is 0 Å². The first-order chi connectivity index (χ1) is 12.7. The zero-order valence-corrected chi connectivity index (χ0v) is 15.6. The zero-order valence-electron chi connectivity index (χ0n) is 15.6. The van der Waals surface area contributed by atoms with Gasteiger partial charge in [-0.05, 0) is 38.5 Å². The van der Waals surface area contributed by atoms with E-state index < -0.39 is 11.7 Å². The Kier molecular flexibility index (Phi) is 5.16. The number of benzene rings is 1. The van der Waals surface area contributed by atoms with Crippen LogP contribution >= 0.6 is 0 Å². The van der Waals surface area contributed by atoms with Crippen LogP contribution in [0, 0.1) is 5.82 Å². The number of aromatic nitrogens is 2. The second-order valence-electron chi connectivity index (χ2n) is 7.53. The largest absolute Gasteiger partial charge is 0.444 e. The lowest BCUT2D eigenvalue weighted by Crippen LogP contribution is -2.40. The zero-order chi connectivity index (χ0) is 19.6. The monoisotopic (exact) mass is 374 g/mol. The minimum absolute atomic E-state index is 0.109. The smallest absolute Gasteiger partial charge is 0.410 e. The quantitative estimate of drug-likeness (QED) is 0.865. The van der Waals surface area contributed by atoms with E-state index in [0.29, 0.717) is 30.9 Å². The van der Waals surface area contributed by atoms with Crippen molar-refractivity contribution in [2.75, 3.05) is 11.9 Å². The predicted molar refractivity (Wildman–Crippen MR) is 97.7 cm³/mol. The van der Waals surface area contributed by atoms with Crippen molar-refractivity contribution in [2.45, 2.75) is 45.8 Å². The normalized spacial score (nSPS) is 13.9. The number of hydrogen-bond donors (Lipinski definition) is 2. The van der Waals surface area contributed by atoms with Crippen LogP contribution in [0.1, 0.15) is 37.6 Å². The molecule has 1 aromatic heterocycles. The molecule has 3 rings (SSSR count). The van der Waals surface area contributed by atoms with E-state index in [4.69, 9.17) is 4.74 Å². The molecule has 27 heavy (non-hydrogen) atoms. The molecule has 7 nitrogen and oxygen atoms in total. The van der Waals surface area contributed by atoms with Gasteiger partial charge in [0.15, 0.2) is 5.82 Å². The number of anilines is 1. The van der Waals surface area contributed by atoms with Gasteiger partial charge < -0.3 is 15.0 Å². The van der Waals surface area contributed by atoms with Gasteiger partial charge in [-0.3, -0.25) is 9.89 Å². The van der Waals surface area contributed by atoms with E-state index in [1.807, 2.05) is 20.8 Å². The molecule has 0 bridgehead atoms. The number of ether oxygens (including phenoxy) is 1. The van der Waals surface area contributed by atoms with Crippen LogP contribution in [0.3, 0.4) is 0 Å². The van der Waals surface area contributed by atoms with Crippen LogP contribution in [0.15, 0.2) is 24.3 Å². The van der Waals surface area contributed by atoms with Gasteiger partial charge in [0.25, 0.3) is 0 Å². The highest BCUT2D eigenvalue weighted by molar-refractivity contribution is 5.92. The Morgan fingerprint density at radius 3 is 2.67 bits per heavy atom. The van der Waals surface area contributed by atoms with Gasteiger partial charge >= 0.3 is 6.09 Å². The summed E-state index contributed by atoms with van der Waals surface area (Å²) in [6.45, 7) is 6.29. The molecule has 144 valence electrons. The van der Waals surface area contributed by atoms with Gasteiger partial charge in [0.05, 0.1) is 13.0 Å². The molecule has 1 aliphatic rings. The second-order valence-corrected chi connectivity index (χ2v) is 7.53. The van der Waals surface area contributed by atoms with Crippen LogP contribution in [0.2, 0.25) is 0 Å². The molecule has 2 N–H and O–H groups in total. The molecule has 2 amide bonds. The minimum Gasteiger partial charge on any atom is -0.444 e. The molecule has 0 fully saturated rings. The van der Waals surface area contributed by atoms with E-state index in [0.717, 1.165) is 11.3 Å². The van der Waals surface area contributed by atoms with Gasteiger partial charge in [0.2, 0.25) is 5.91 Å². The number of amides is 2. The van der Waals surface area contributed by atoms with Crippen LogP contribution in [-0.2, 0) is 28.9 Å². The van der Waals surface area contributed by atoms with Crippen molar-refractivity contribution in [1.82, 2.24) is 15.1 Å². The molecule has 0 spiro atoms. The number of carbonyl (C=O) groups is 2. The molecule has 0 saturated heterocycles. The summed E-state index contributed by atoms with van der Waals surface area (Å²) < 4.78 is 18.4. The number of nitrogens with one attached hydrogen (secondary N) is 2. The summed E-state index contributed by atoms with van der Waals surface area (Å²) in [6.07, 6.45) is 0.325. The molecule has 0 radical (unpaired) electrons. The maximum absolute atomic E-state index is 13.0. The molecule has 0 saturated carbocycles. The maximum atomic E-state index is 13.0. The van der Waals surface area contributed by atoms with E-state index >= 15 is 0 Å². The fraction of sp³-hybridized carbons (Fsp3) is 0.421. The summed E-state index contributed by atoms with van der Waals surface area (Å²) in [5, 5.41) is 9.85. The summed E-state index contributed by atoms with van der Waals surface area (Å²) in [7, 11) is 0. The molecule has 1 aliphatic heterocycles. The molecule has 0 unspecified atom stereocenters. The van der Waals surface area contributed by atoms with Gasteiger partial charge in [-0.25, -0.2) is 9.18 Å². The fourth-order valence-corrected chi connectivity index (χ4v) is 2.84. The van der Waals surface area contributed by atoms with Crippen LogP contribution < -0.4 is 5.32 Å². The lowest BCUT2D eigenvalue weighted by Gasteiger charge is -2.30. The average molecular weight is 374 g/mol. The van der Waals surface area contributed by atoms with Crippen molar-refractivity contribution in [1.29, 1.82) is 0 Å². The molecule has 2 heterocycles. The third kappa shape index (κ3) is 4.84. The fourth-order valence-electron chi connectivity index (χ4n) is 2.84. The Hall–Kier alpha value is -2.90. The van der Waals surface area contributed by atoms with Crippen molar-refractivity contribution < 1.29 is 18.7 Å². The lowest BCUT2D eigenvalue weighted by atomic mass is 10.1. The number of rotatable bonds is 3. The van der Waals surface area contributed by atoms with E-state index in [1.54, 1.807) is 17.0 Å². The molecule has 2 aromatic rings. The Bertz CT molecular complexity index is 840. The van der Waals surface area contributed by atoms with E-state index in [2.05, 4.69) is 15.5 Å². The third-order valence-electron chi connectivity index (χ3n) is 4.12. The molecular weight excluding hydrogens is 351 g/mol. The summed E-state index contributed by atoms with van der Waals surface area (Å²) in [6, 6.07) is 5.77. The average Bonchev–Trinajstić information content (AvgIpc) is 2.97. The van der Waals surface area contributed by atoms with Crippen LogP contribution in [0.5, 0.6) is 0 Å². The van der Waals surface area contributed by atoms with Crippen LogP contribution in [-0.4, -0.2) is 39.2 Å². The summed E-state index contributed by atoms with van der Waals surface area (Å²) in [5.74, 6) is -0.196. The molecule has 0 aliphatic carbocycles. The number of halogens is 1. The van der Waals surface area contributed by atoms with Crippen molar-refractivity contribution in [3.05, 3.63) is 46.9 Å². The second kappa shape index (κ2) is 7.38. The standard InChI is InChI=1S/C19H23FN4O3/c1-19(2,3)27-18(26)24-9-8-15-14(11-24)17(23-22-15)21-16(25)10-12-4-6-13(20)7-5-12/h4-7H,8-11H2,1-3H3,(H2,21,22,23,25). The third-order valence-corrected chi connectivity index (χ3v) is 4.12. The van der Waals surface area contributed by atoms with Crippen LogP contribution in [0.25, 0.3) is 0 Å². The Morgan fingerprint density at radius 1 is 1.30 bits per heavy atom. The number of nitrogens with zero attached hydrogens (tertiary/aromatic N) is 2. The highest BCUT2D eigenvalue weighted by Crippen LogP contribution is 2.25. The molecule has 1 aromatic carbocycles. The van der Waals surface area contributed by atoms with Gasteiger partial charge in [0, 0.05) is 24.2 Å². The molecule has 0 atom stereocenters. The number of fused-ring (bicyclic) bond motifs is 1. The SMILES string of the molecule is CC(C)(C)OC(=O)N1CCc2[nH]nc(NC(=O)Cc3ccc(F)cc3)c2C1. The van der Waals surface area contributed by atoms with Gasteiger partial charge in [-0.1, -0.05) is 12.1 Å². The summed E-state index contributed by atoms with van der Waals surface area (Å²) in [5.41, 5.74) is 1.81. The van der Waals surface area contributed by atoms with Crippen molar-refractivity contribution >= 4 is 17.8 Å². The Balaban J connectivity index is 1.66. The number of carbonyl (C=O) groups excluding carboxylic acids is 2. The van der Waals surface area contributed by atoms with E-state index in [9.17, 15) is 14.0 Å². The number of aromatic amines is 1. The lowest BCUT2D eigenvalue weighted by molar-refractivity contribution is -0.115. The maximum Gasteiger partial charge on any atom is 0.410 e. The summed E-state index contributed by atoms with van der Waals surface area (Å²) in [4.78, 5) is 26.2. The topological polar surface area (TPSA) is 87.3 Å². The highest BCUT2D eigenvalue weighted by Gasteiger charge is 2.29. The first-order valence-electron chi connectivity index (χ1n) is 8.79. The van der Waals surface area contributed by atoms with Gasteiger partial charge in [-0.2, -0.15) is 5.10 Å². The Labute approximate surface area is 156 Å². The molecule has 8 heteroatoms. The highest BCUT2D eigenvalue weighted by atomic mass is 19.1. The first-order valence-corrected chi connectivity index (χ1v) is 8.79. The predicted octanol–water partition coefficient (Wildman–Crippen LogP) is 3.02. The molecular formula is C19H23FN4O3. The minimum atomic E-state index is -0.569. The van der Waals surface area contributed by atoms with Crippen LogP contribution in [0.4, 0.5) is 15.0 Å². The van der Waals surface area contributed by atoms with E-state index in [-0.39, 0.29) is 18.1 Å². The first kappa shape index (κ1) is 18.9. The van der Waals surface area contributed by atoms with Gasteiger partial charge in [-0.15, -0.1) is 0 Å². The van der Waals surface area contributed by atoms with Crippen molar-refractivity contribution in [3.63, 3.8) is 0 Å². The van der Waals surface area contributed by atoms with Gasteiger partial charge in [0.1, 0.15) is 11.4 Å². The number of hydrogen-bond acceptors (Lipinski definition) is 4. The summed E-state index contributed by atoms with van der Waals surface area (Å²) >= 11 is 0. The number of H-pyrrole nitrogens is 1. The Morgan fingerprint density at radius 2 is 2.00 bits per heavy atom.